The van der Waals surface area contributed by atoms with Crippen molar-refractivity contribution in [1.29, 1.82) is 0 Å². The third-order valence-corrected chi connectivity index (χ3v) is 4.53. The minimum Gasteiger partial charge on any atom is -0.490 e. The number of hydrogen-bond donors (Lipinski definition) is 3. The van der Waals surface area contributed by atoms with E-state index in [1.165, 1.54) is 0 Å². The molecule has 1 atom stereocenters. The molecule has 2 rings (SSSR count). The number of ether oxygens (including phenoxy) is 2. The number of carbonyl (C=O) groups excluding carboxylic acids is 1. The normalized spacial score (nSPS) is 12.1. The molecule has 0 aliphatic heterocycles. The summed E-state index contributed by atoms with van der Waals surface area (Å²) < 4.78 is 11.4. The maximum Gasteiger partial charge on any atom is 0.227 e. The van der Waals surface area contributed by atoms with Gasteiger partial charge in [0, 0.05) is 18.7 Å². The smallest absolute Gasteiger partial charge is 0.227 e. The second kappa shape index (κ2) is 13.2. The van der Waals surface area contributed by atoms with Gasteiger partial charge in [-0.1, -0.05) is 12.1 Å². The standard InChI is InChI=1S/C24H35N5O3/c1-6-25-24(26-15-14-23(30)29-22-11-9-10-17(4)27-22)28-18(5)19-12-13-20(31-7-2)21(16-19)32-8-3/h9-13,16,18H,6-8,14-15H2,1-5H3,(H2,25,26,28)(H,27,29,30). The van der Waals surface area contributed by atoms with Gasteiger partial charge in [-0.2, -0.15) is 0 Å². The number of hydrogen-bond acceptors (Lipinski definition) is 5. The SMILES string of the molecule is CCNC(=NCCC(=O)Nc1cccc(C)n1)NC(C)c1ccc(OCC)c(OCC)c1. The van der Waals surface area contributed by atoms with Gasteiger partial charge < -0.3 is 25.4 Å². The molecular weight excluding hydrogens is 406 g/mol. The molecule has 2 aromatic rings. The summed E-state index contributed by atoms with van der Waals surface area (Å²) >= 11 is 0. The maximum atomic E-state index is 12.2. The largest absolute Gasteiger partial charge is 0.490 e. The van der Waals surface area contributed by atoms with Crippen molar-refractivity contribution in [2.75, 3.05) is 31.6 Å². The van der Waals surface area contributed by atoms with Gasteiger partial charge in [-0.25, -0.2) is 4.98 Å². The third kappa shape index (κ3) is 8.09. The third-order valence-electron chi connectivity index (χ3n) is 4.53. The molecule has 32 heavy (non-hydrogen) atoms. The van der Waals surface area contributed by atoms with Crippen molar-refractivity contribution in [2.45, 2.75) is 47.1 Å². The van der Waals surface area contributed by atoms with E-state index in [4.69, 9.17) is 9.47 Å². The van der Waals surface area contributed by atoms with Gasteiger partial charge >= 0.3 is 0 Å². The van der Waals surface area contributed by atoms with Crippen molar-refractivity contribution < 1.29 is 14.3 Å². The molecule has 0 radical (unpaired) electrons. The Balaban J connectivity index is 1.98. The van der Waals surface area contributed by atoms with E-state index >= 15 is 0 Å². The molecule has 1 amide bonds. The Labute approximate surface area is 190 Å². The van der Waals surface area contributed by atoms with Gasteiger partial charge in [0.25, 0.3) is 0 Å². The Morgan fingerprint density at radius 3 is 2.53 bits per heavy atom. The summed E-state index contributed by atoms with van der Waals surface area (Å²) in [4.78, 5) is 21.0. The van der Waals surface area contributed by atoms with Gasteiger partial charge in [-0.3, -0.25) is 9.79 Å². The van der Waals surface area contributed by atoms with Gasteiger partial charge in [-0.05, 0) is 64.4 Å². The van der Waals surface area contributed by atoms with Crippen molar-refractivity contribution in [3.05, 3.63) is 47.7 Å². The van der Waals surface area contributed by atoms with E-state index < -0.39 is 0 Å². The van der Waals surface area contributed by atoms with Crippen molar-refractivity contribution in [2.24, 2.45) is 4.99 Å². The maximum absolute atomic E-state index is 12.2. The Morgan fingerprint density at radius 2 is 1.84 bits per heavy atom. The van der Waals surface area contributed by atoms with E-state index in [9.17, 15) is 4.79 Å². The molecule has 1 unspecified atom stereocenters. The van der Waals surface area contributed by atoms with E-state index in [1.54, 1.807) is 6.07 Å². The van der Waals surface area contributed by atoms with Crippen LogP contribution in [0.2, 0.25) is 0 Å². The summed E-state index contributed by atoms with van der Waals surface area (Å²) in [7, 11) is 0. The van der Waals surface area contributed by atoms with E-state index in [0.29, 0.717) is 38.1 Å². The number of aromatic nitrogens is 1. The quantitative estimate of drug-likeness (QED) is 0.362. The lowest BCUT2D eigenvalue weighted by Crippen LogP contribution is -2.39. The van der Waals surface area contributed by atoms with Crippen molar-refractivity contribution in [1.82, 2.24) is 15.6 Å². The lowest BCUT2D eigenvalue weighted by Gasteiger charge is -2.20. The minimum absolute atomic E-state index is 0.0204. The molecule has 1 heterocycles. The predicted octanol–water partition coefficient (Wildman–Crippen LogP) is 3.83. The predicted molar refractivity (Wildman–Crippen MR) is 129 cm³/mol. The Kier molecular flexibility index (Phi) is 10.3. The highest BCUT2D eigenvalue weighted by Gasteiger charge is 2.13. The second-order valence-corrected chi connectivity index (χ2v) is 7.16. The molecule has 0 aliphatic carbocycles. The molecule has 8 heteroatoms. The molecule has 1 aromatic heterocycles. The van der Waals surface area contributed by atoms with Crippen LogP contribution in [-0.4, -0.2) is 43.2 Å². The van der Waals surface area contributed by atoms with Gasteiger partial charge in [0.2, 0.25) is 5.91 Å². The molecule has 0 fully saturated rings. The minimum atomic E-state index is -0.122. The number of pyridine rings is 1. The molecule has 1 aromatic carbocycles. The Morgan fingerprint density at radius 1 is 1.09 bits per heavy atom. The Bertz CT molecular complexity index is 901. The lowest BCUT2D eigenvalue weighted by atomic mass is 10.1. The molecule has 0 bridgehead atoms. The molecule has 0 aliphatic rings. The zero-order chi connectivity index (χ0) is 23.3. The summed E-state index contributed by atoms with van der Waals surface area (Å²) in [5, 5.41) is 9.41. The van der Waals surface area contributed by atoms with Crippen LogP contribution in [0.25, 0.3) is 0 Å². The molecule has 0 saturated heterocycles. The molecule has 8 nitrogen and oxygen atoms in total. The summed E-state index contributed by atoms with van der Waals surface area (Å²) in [6.07, 6.45) is 0.262. The summed E-state index contributed by atoms with van der Waals surface area (Å²) in [6, 6.07) is 11.4. The van der Waals surface area contributed by atoms with Crippen LogP contribution in [0.4, 0.5) is 5.82 Å². The van der Waals surface area contributed by atoms with Crippen LogP contribution in [0, 0.1) is 6.92 Å². The number of aryl methyl sites for hydroxylation is 1. The molecular formula is C24H35N5O3. The van der Waals surface area contributed by atoms with Crippen LogP contribution < -0.4 is 25.4 Å². The number of rotatable bonds is 11. The van der Waals surface area contributed by atoms with Crippen LogP contribution in [0.1, 0.15) is 51.4 Å². The zero-order valence-corrected chi connectivity index (χ0v) is 19.7. The highest BCUT2D eigenvalue weighted by atomic mass is 16.5. The van der Waals surface area contributed by atoms with Gasteiger partial charge in [-0.15, -0.1) is 0 Å². The van der Waals surface area contributed by atoms with Crippen LogP contribution in [0.5, 0.6) is 11.5 Å². The van der Waals surface area contributed by atoms with Gasteiger partial charge in [0.05, 0.1) is 25.8 Å². The zero-order valence-electron chi connectivity index (χ0n) is 19.7. The average Bonchev–Trinajstić information content (AvgIpc) is 2.75. The van der Waals surface area contributed by atoms with Crippen LogP contribution in [0.15, 0.2) is 41.4 Å². The first kappa shape index (κ1) is 25.0. The van der Waals surface area contributed by atoms with E-state index in [-0.39, 0.29) is 18.4 Å². The number of guanidine groups is 1. The van der Waals surface area contributed by atoms with Crippen LogP contribution in [-0.2, 0) is 4.79 Å². The number of anilines is 1. The van der Waals surface area contributed by atoms with E-state index in [2.05, 4.69) is 25.9 Å². The first-order valence-corrected chi connectivity index (χ1v) is 11.1. The van der Waals surface area contributed by atoms with Crippen molar-refractivity contribution >= 4 is 17.7 Å². The monoisotopic (exact) mass is 441 g/mol. The van der Waals surface area contributed by atoms with Crippen molar-refractivity contribution in [3.63, 3.8) is 0 Å². The van der Waals surface area contributed by atoms with Crippen LogP contribution >= 0.6 is 0 Å². The molecule has 0 spiro atoms. The highest BCUT2D eigenvalue weighted by Crippen LogP contribution is 2.30. The topological polar surface area (TPSA) is 96.9 Å². The van der Waals surface area contributed by atoms with Gasteiger partial charge in [0.15, 0.2) is 17.5 Å². The Hall–Kier alpha value is -3.29. The number of amides is 1. The first-order chi connectivity index (χ1) is 15.5. The van der Waals surface area contributed by atoms with Gasteiger partial charge in [0.1, 0.15) is 5.82 Å². The average molecular weight is 442 g/mol. The first-order valence-electron chi connectivity index (χ1n) is 11.1. The number of carbonyl (C=O) groups is 1. The number of aliphatic imine (C=N–C) groups is 1. The fourth-order valence-electron chi connectivity index (χ4n) is 3.03. The van der Waals surface area contributed by atoms with E-state index in [0.717, 1.165) is 22.8 Å². The van der Waals surface area contributed by atoms with Crippen molar-refractivity contribution in [3.8, 4) is 11.5 Å². The van der Waals surface area contributed by atoms with Crippen LogP contribution in [0.3, 0.4) is 0 Å². The van der Waals surface area contributed by atoms with E-state index in [1.807, 2.05) is 65.0 Å². The number of nitrogens with one attached hydrogen (secondary N) is 3. The highest BCUT2D eigenvalue weighted by molar-refractivity contribution is 5.90. The molecule has 3 N–H and O–H groups in total. The molecule has 0 saturated carbocycles. The summed E-state index contributed by atoms with van der Waals surface area (Å²) in [5.41, 5.74) is 1.90. The number of benzene rings is 1. The summed E-state index contributed by atoms with van der Waals surface area (Å²) in [5.74, 6) is 2.54. The summed E-state index contributed by atoms with van der Waals surface area (Å²) in [6.45, 7) is 12.1. The fraction of sp³-hybridized carbons (Fsp3) is 0.458. The fourth-order valence-corrected chi connectivity index (χ4v) is 3.03. The lowest BCUT2D eigenvalue weighted by molar-refractivity contribution is -0.116. The number of nitrogens with zero attached hydrogens (tertiary/aromatic N) is 2. The molecule has 174 valence electrons. The second-order valence-electron chi connectivity index (χ2n) is 7.16.